The van der Waals surface area contributed by atoms with E-state index in [4.69, 9.17) is 4.74 Å². The molecule has 136 valence electrons. The van der Waals surface area contributed by atoms with Crippen molar-refractivity contribution in [3.05, 3.63) is 24.3 Å². The first kappa shape index (κ1) is 17.9. The van der Waals surface area contributed by atoms with Crippen molar-refractivity contribution in [2.24, 2.45) is 0 Å². The summed E-state index contributed by atoms with van der Waals surface area (Å²) >= 11 is 0. The Morgan fingerprint density at radius 3 is 2.60 bits per heavy atom. The van der Waals surface area contributed by atoms with Crippen molar-refractivity contribution in [2.45, 2.75) is 32.2 Å². The average molecular weight is 347 g/mol. The summed E-state index contributed by atoms with van der Waals surface area (Å²) in [5.74, 6) is 0.433. The van der Waals surface area contributed by atoms with Crippen LogP contribution in [0.25, 0.3) is 0 Å². The number of nitrogens with one attached hydrogen (secondary N) is 2. The van der Waals surface area contributed by atoms with Gasteiger partial charge in [-0.3, -0.25) is 9.59 Å². The quantitative estimate of drug-likeness (QED) is 0.508. The Bertz CT molecular complexity index is 626. The van der Waals surface area contributed by atoms with Crippen LogP contribution in [-0.4, -0.2) is 57.7 Å². The Morgan fingerprint density at radius 1 is 1.16 bits per heavy atom. The van der Waals surface area contributed by atoms with E-state index < -0.39 is 0 Å². The van der Waals surface area contributed by atoms with Gasteiger partial charge in [-0.25, -0.2) is 4.90 Å². The average Bonchev–Trinajstić information content (AvgIpc) is 2.91. The maximum absolute atomic E-state index is 13.0. The molecule has 0 bridgehead atoms. The normalized spacial score (nSPS) is 27.0. The molecular formula is C19H29N3O3+2. The van der Waals surface area contributed by atoms with Crippen LogP contribution >= 0.6 is 0 Å². The third-order valence-electron chi connectivity index (χ3n) is 5.25. The molecule has 3 rings (SSSR count). The SMILES string of the molecule is CCCCOc1ccccc1N1C(=O)C[C@@H]([NH+]2CC[NH+](C)CC2)C1=O. The molecule has 2 N–H and O–H groups in total. The Kier molecular flexibility index (Phi) is 5.71. The summed E-state index contributed by atoms with van der Waals surface area (Å²) in [4.78, 5) is 29.7. The first-order valence-corrected chi connectivity index (χ1v) is 9.36. The van der Waals surface area contributed by atoms with Gasteiger partial charge in [0, 0.05) is 0 Å². The van der Waals surface area contributed by atoms with Gasteiger partial charge in [0.05, 0.1) is 25.8 Å². The maximum atomic E-state index is 13.0. The molecule has 2 fully saturated rings. The van der Waals surface area contributed by atoms with Crippen LogP contribution in [0.2, 0.25) is 0 Å². The number of amides is 2. The summed E-state index contributed by atoms with van der Waals surface area (Å²) in [6.07, 6.45) is 2.30. The third kappa shape index (κ3) is 3.85. The topological polar surface area (TPSA) is 55.5 Å². The molecule has 25 heavy (non-hydrogen) atoms. The molecule has 1 aromatic carbocycles. The van der Waals surface area contributed by atoms with Gasteiger partial charge in [-0.05, 0) is 18.6 Å². The van der Waals surface area contributed by atoms with Crippen molar-refractivity contribution in [1.29, 1.82) is 0 Å². The van der Waals surface area contributed by atoms with Crippen LogP contribution in [0.3, 0.4) is 0 Å². The molecule has 2 amide bonds. The largest absolute Gasteiger partial charge is 0.491 e. The lowest BCUT2D eigenvalue weighted by atomic mass is 10.2. The molecule has 0 aromatic heterocycles. The highest BCUT2D eigenvalue weighted by atomic mass is 16.5. The Morgan fingerprint density at radius 2 is 1.88 bits per heavy atom. The molecule has 0 saturated carbocycles. The van der Waals surface area contributed by atoms with E-state index in [0.717, 1.165) is 39.0 Å². The number of rotatable bonds is 6. The number of anilines is 1. The Hall–Kier alpha value is -1.92. The molecular weight excluding hydrogens is 318 g/mol. The second-order valence-electron chi connectivity index (χ2n) is 7.11. The van der Waals surface area contributed by atoms with Gasteiger partial charge in [-0.1, -0.05) is 25.5 Å². The van der Waals surface area contributed by atoms with Gasteiger partial charge in [0.15, 0.2) is 6.04 Å². The molecule has 0 unspecified atom stereocenters. The highest BCUT2D eigenvalue weighted by molar-refractivity contribution is 6.22. The summed E-state index contributed by atoms with van der Waals surface area (Å²) in [6, 6.07) is 7.13. The van der Waals surface area contributed by atoms with Gasteiger partial charge in [-0.15, -0.1) is 0 Å². The van der Waals surface area contributed by atoms with Gasteiger partial charge >= 0.3 is 0 Å². The van der Waals surface area contributed by atoms with Crippen molar-refractivity contribution in [3.63, 3.8) is 0 Å². The summed E-state index contributed by atoms with van der Waals surface area (Å²) in [5.41, 5.74) is 0.593. The molecule has 2 aliphatic heterocycles. The van der Waals surface area contributed by atoms with Crippen molar-refractivity contribution in [1.82, 2.24) is 0 Å². The molecule has 2 heterocycles. The van der Waals surface area contributed by atoms with E-state index >= 15 is 0 Å². The lowest BCUT2D eigenvalue weighted by Crippen LogP contribution is -3.29. The number of para-hydroxylation sites is 2. The minimum Gasteiger partial charge on any atom is -0.491 e. The van der Waals surface area contributed by atoms with E-state index in [2.05, 4.69) is 14.0 Å². The fraction of sp³-hybridized carbons (Fsp3) is 0.579. The fourth-order valence-corrected chi connectivity index (χ4v) is 3.64. The first-order valence-electron chi connectivity index (χ1n) is 9.36. The molecule has 6 heteroatoms. The second kappa shape index (κ2) is 7.97. The number of hydrogen-bond donors (Lipinski definition) is 2. The highest BCUT2D eigenvalue weighted by Crippen LogP contribution is 2.31. The smallest absolute Gasteiger partial charge is 0.292 e. The lowest BCUT2D eigenvalue weighted by Gasteiger charge is -2.30. The molecule has 0 spiro atoms. The number of hydrogen-bond acceptors (Lipinski definition) is 3. The van der Waals surface area contributed by atoms with Crippen LogP contribution in [0.5, 0.6) is 5.75 Å². The van der Waals surface area contributed by atoms with Crippen LogP contribution in [0.4, 0.5) is 5.69 Å². The van der Waals surface area contributed by atoms with Crippen molar-refractivity contribution in [3.8, 4) is 5.75 Å². The van der Waals surface area contributed by atoms with Crippen molar-refractivity contribution >= 4 is 17.5 Å². The summed E-state index contributed by atoms with van der Waals surface area (Å²) in [6.45, 7) is 6.68. The Balaban J connectivity index is 1.76. The van der Waals surface area contributed by atoms with E-state index in [1.54, 1.807) is 0 Å². The molecule has 0 aliphatic carbocycles. The van der Waals surface area contributed by atoms with E-state index in [1.807, 2.05) is 24.3 Å². The number of carbonyl (C=O) groups excluding carboxylic acids is 2. The van der Waals surface area contributed by atoms with Crippen LogP contribution in [-0.2, 0) is 9.59 Å². The predicted octanol–water partition coefficient (Wildman–Crippen LogP) is -1.09. The van der Waals surface area contributed by atoms with Gasteiger partial charge in [-0.2, -0.15) is 0 Å². The minimum absolute atomic E-state index is 0.0777. The zero-order chi connectivity index (χ0) is 17.8. The molecule has 2 saturated heterocycles. The Labute approximate surface area is 149 Å². The zero-order valence-electron chi connectivity index (χ0n) is 15.2. The molecule has 6 nitrogen and oxygen atoms in total. The van der Waals surface area contributed by atoms with Crippen molar-refractivity contribution < 1.29 is 24.1 Å². The van der Waals surface area contributed by atoms with Gasteiger partial charge in [0.25, 0.3) is 5.91 Å². The summed E-state index contributed by atoms with van der Waals surface area (Å²) in [5, 5.41) is 0. The van der Waals surface area contributed by atoms with E-state index in [0.29, 0.717) is 24.5 Å². The minimum atomic E-state index is -0.246. The number of benzene rings is 1. The number of ether oxygens (including phenoxy) is 1. The number of imide groups is 1. The molecule has 1 aromatic rings. The molecule has 1 atom stereocenters. The number of quaternary nitrogens is 2. The monoisotopic (exact) mass is 347 g/mol. The second-order valence-corrected chi connectivity index (χ2v) is 7.11. The number of piperazine rings is 1. The zero-order valence-corrected chi connectivity index (χ0v) is 15.2. The van der Waals surface area contributed by atoms with E-state index in [-0.39, 0.29) is 17.9 Å². The fourth-order valence-electron chi connectivity index (χ4n) is 3.64. The van der Waals surface area contributed by atoms with Crippen LogP contribution < -0.4 is 19.4 Å². The number of nitrogens with zero attached hydrogens (tertiary/aromatic N) is 1. The predicted molar refractivity (Wildman–Crippen MR) is 95.1 cm³/mol. The molecule has 0 radical (unpaired) electrons. The first-order chi connectivity index (χ1) is 12.1. The number of carbonyl (C=O) groups is 2. The van der Waals surface area contributed by atoms with Crippen LogP contribution in [0.1, 0.15) is 26.2 Å². The van der Waals surface area contributed by atoms with Crippen molar-refractivity contribution in [2.75, 3.05) is 44.7 Å². The third-order valence-corrected chi connectivity index (χ3v) is 5.25. The maximum Gasteiger partial charge on any atom is 0.292 e. The number of unbranched alkanes of at least 4 members (excludes halogenated alkanes) is 1. The summed E-state index contributed by atoms with van der Waals surface area (Å²) in [7, 11) is 2.18. The van der Waals surface area contributed by atoms with E-state index in [1.165, 1.54) is 14.7 Å². The number of likely N-dealkylation sites (N-methyl/N-ethyl adjacent to an activating group) is 1. The standard InChI is InChI=1S/C19H27N3O3/c1-3-4-13-25-17-8-6-5-7-15(17)22-18(23)14-16(19(22)24)21-11-9-20(2)10-12-21/h5-8,16H,3-4,9-14H2,1-2H3/p+2/t16-/m1/s1. The summed E-state index contributed by atoms with van der Waals surface area (Å²) < 4.78 is 5.83. The molecule has 2 aliphatic rings. The van der Waals surface area contributed by atoms with Gasteiger partial charge in [0.1, 0.15) is 31.9 Å². The van der Waals surface area contributed by atoms with Gasteiger partial charge in [0.2, 0.25) is 5.91 Å². The van der Waals surface area contributed by atoms with Gasteiger partial charge < -0.3 is 14.5 Å². The lowest BCUT2D eigenvalue weighted by molar-refractivity contribution is -1.01. The van der Waals surface area contributed by atoms with Crippen LogP contribution in [0, 0.1) is 0 Å². The highest BCUT2D eigenvalue weighted by Gasteiger charge is 2.47. The van der Waals surface area contributed by atoms with E-state index in [9.17, 15) is 9.59 Å². The van der Waals surface area contributed by atoms with Crippen LogP contribution in [0.15, 0.2) is 24.3 Å².